The number of hydrogen-bond acceptors (Lipinski definition) is 7. The van der Waals surface area contributed by atoms with Crippen molar-refractivity contribution < 1.29 is 57.5 Å². The molecule has 3 rings (SSSR count). The monoisotopic (exact) mass is 519 g/mol. The minimum Gasteiger partial charge on any atom is -0.748 e. The van der Waals surface area contributed by atoms with Crippen LogP contribution in [0, 0.1) is 0 Å². The Morgan fingerprint density at radius 3 is 2.33 bits per heavy atom. The van der Waals surface area contributed by atoms with Crippen LogP contribution in [-0.2, 0) is 23.1 Å². The molecule has 0 saturated carbocycles. The van der Waals surface area contributed by atoms with E-state index in [1.165, 1.54) is 24.3 Å². The number of benzene rings is 3. The molecule has 2 atom stereocenters. The quantitative estimate of drug-likeness (QED) is 0.189. The normalized spacial score (nSPS) is 13.1. The van der Waals surface area contributed by atoms with Gasteiger partial charge in [-0.3, -0.25) is 0 Å². The molecule has 0 radical (unpaired) electrons. The number of aromatic hydroxyl groups is 1. The second-order valence-corrected chi connectivity index (χ2v) is 9.85. The average Bonchev–Trinajstić information content (AvgIpc) is 2.85. The second-order valence-electron chi connectivity index (χ2n) is 8.19. The predicted octanol–water partition coefficient (Wildman–Crippen LogP) is 1.54. The Labute approximate surface area is 234 Å². The van der Waals surface area contributed by atoms with Crippen molar-refractivity contribution in [3.8, 4) is 11.5 Å². The van der Waals surface area contributed by atoms with Gasteiger partial charge in [0.05, 0.1) is 21.5 Å². The van der Waals surface area contributed by atoms with E-state index in [4.69, 9.17) is 4.74 Å². The van der Waals surface area contributed by atoms with Gasteiger partial charge < -0.3 is 24.8 Å². The third-order valence-electron chi connectivity index (χ3n) is 5.72. The molecule has 0 spiro atoms. The smallest absolute Gasteiger partial charge is 0.748 e. The van der Waals surface area contributed by atoms with Crippen molar-refractivity contribution in [2.24, 2.45) is 0 Å². The van der Waals surface area contributed by atoms with Crippen molar-refractivity contribution in [2.75, 3.05) is 12.4 Å². The van der Waals surface area contributed by atoms with Crippen molar-refractivity contribution in [2.45, 2.75) is 37.2 Å². The van der Waals surface area contributed by atoms with Crippen LogP contribution in [0.1, 0.15) is 35.6 Å². The zero-order valence-electron chi connectivity index (χ0n) is 20.5. The summed E-state index contributed by atoms with van der Waals surface area (Å²) in [5.74, 6) is 0.778. The van der Waals surface area contributed by atoms with Crippen LogP contribution in [0.25, 0.3) is 0 Å². The maximum absolute atomic E-state index is 11.8. The first kappa shape index (κ1) is 29.9. The topological polar surface area (TPSA) is 119 Å². The van der Waals surface area contributed by atoms with Gasteiger partial charge in [-0.1, -0.05) is 54.6 Å². The van der Waals surface area contributed by atoms with E-state index < -0.39 is 21.5 Å². The Hall–Kier alpha value is -2.33. The van der Waals surface area contributed by atoms with Crippen LogP contribution in [0.3, 0.4) is 0 Å². The van der Waals surface area contributed by atoms with Gasteiger partial charge in [0.1, 0.15) is 18.1 Å². The van der Waals surface area contributed by atoms with E-state index >= 15 is 0 Å². The van der Waals surface area contributed by atoms with Crippen molar-refractivity contribution in [1.82, 2.24) is 0 Å². The van der Waals surface area contributed by atoms with Crippen LogP contribution < -0.4 is 39.6 Å². The molecule has 0 unspecified atom stereocenters. The summed E-state index contributed by atoms with van der Waals surface area (Å²) in [5.41, 5.74) is 3.48. The van der Waals surface area contributed by atoms with Gasteiger partial charge >= 0.3 is 29.6 Å². The molecule has 0 amide bonds. The summed E-state index contributed by atoms with van der Waals surface area (Å²) in [4.78, 5) is 0. The Balaban J connectivity index is 0.00000456. The Bertz CT molecular complexity index is 1210. The van der Waals surface area contributed by atoms with Crippen LogP contribution in [0.5, 0.6) is 11.5 Å². The molecular formula is C27H30NNaO6S. The molecule has 0 bridgehead atoms. The summed E-state index contributed by atoms with van der Waals surface area (Å²) >= 11 is 0. The fourth-order valence-electron chi connectivity index (χ4n) is 3.65. The number of aliphatic hydroxyl groups is 1. The van der Waals surface area contributed by atoms with E-state index in [1.54, 1.807) is 12.1 Å². The third kappa shape index (κ3) is 9.28. The molecule has 0 saturated heterocycles. The summed E-state index contributed by atoms with van der Waals surface area (Å²) in [6, 6.07) is 21.3. The molecule has 0 aliphatic carbocycles. The summed E-state index contributed by atoms with van der Waals surface area (Å²) < 4.78 is 41.1. The summed E-state index contributed by atoms with van der Waals surface area (Å²) in [7, 11) is -2.65. The summed E-state index contributed by atoms with van der Waals surface area (Å²) in [5, 5.41) is 21.6. The van der Waals surface area contributed by atoms with Crippen molar-refractivity contribution in [3.05, 3.63) is 102 Å². The summed E-state index contributed by atoms with van der Waals surface area (Å²) in [6.07, 6.45) is 2.59. The maximum Gasteiger partial charge on any atom is 1.00 e. The van der Waals surface area contributed by atoms with Gasteiger partial charge in [-0.2, -0.15) is 0 Å². The molecule has 0 aliphatic rings. The fourth-order valence-corrected chi connectivity index (χ4v) is 4.41. The van der Waals surface area contributed by atoms with Crippen molar-refractivity contribution in [1.29, 1.82) is 0 Å². The number of hydrogen-bond donors (Lipinski definition) is 3. The van der Waals surface area contributed by atoms with Crippen LogP contribution in [0.2, 0.25) is 0 Å². The van der Waals surface area contributed by atoms with Crippen LogP contribution >= 0.6 is 0 Å². The van der Waals surface area contributed by atoms with Crippen LogP contribution in [-0.4, -0.2) is 35.5 Å². The first-order valence-corrected chi connectivity index (χ1v) is 12.8. The van der Waals surface area contributed by atoms with Crippen LogP contribution in [0.4, 0.5) is 5.69 Å². The van der Waals surface area contributed by atoms with Gasteiger partial charge in [-0.25, -0.2) is 8.42 Å². The molecule has 3 aromatic carbocycles. The number of aryl methyl sites for hydroxylation is 1. The zero-order chi connectivity index (χ0) is 25.3. The number of para-hydroxylation sites is 1. The molecule has 0 aliphatic heterocycles. The average molecular weight is 520 g/mol. The molecular weight excluding hydrogens is 489 g/mol. The Kier molecular flexibility index (Phi) is 12.0. The fraction of sp³-hybridized carbons (Fsp3) is 0.259. The number of aliphatic hydroxyl groups excluding tert-OH is 1. The largest absolute Gasteiger partial charge is 1.00 e. The minimum atomic E-state index is -4.50. The number of nitrogens with one attached hydrogen (secondary N) is 1. The van der Waals surface area contributed by atoms with Gasteiger partial charge in [0.2, 0.25) is 0 Å². The number of ether oxygens (including phenoxy) is 1. The van der Waals surface area contributed by atoms with Gasteiger partial charge in [0, 0.05) is 18.3 Å². The maximum atomic E-state index is 11.8. The van der Waals surface area contributed by atoms with E-state index in [2.05, 4.69) is 5.32 Å². The number of rotatable bonds is 12. The summed E-state index contributed by atoms with van der Waals surface area (Å²) in [6.45, 7) is 0.412. The van der Waals surface area contributed by atoms with Crippen molar-refractivity contribution in [3.63, 3.8) is 0 Å². The molecule has 3 N–H and O–H groups in total. The first-order valence-electron chi connectivity index (χ1n) is 11.3. The van der Waals surface area contributed by atoms with Gasteiger partial charge in [0.25, 0.3) is 0 Å². The van der Waals surface area contributed by atoms with Gasteiger partial charge in [-0.15, -0.1) is 0 Å². The SMILES string of the molecule is CNc1ccccc1COc1ccc(CC[C@H](C/C=C/[C@@H](O)c2ccc(O)cc2)S(=O)(=O)[O-])cc1.[Na+]. The molecule has 0 aromatic heterocycles. The Morgan fingerprint density at radius 2 is 1.69 bits per heavy atom. The molecule has 36 heavy (non-hydrogen) atoms. The van der Waals surface area contributed by atoms with Crippen molar-refractivity contribution >= 4 is 15.8 Å². The molecule has 0 fully saturated rings. The van der Waals surface area contributed by atoms with E-state index in [9.17, 15) is 23.2 Å². The number of phenols is 1. The third-order valence-corrected chi connectivity index (χ3v) is 6.96. The van der Waals surface area contributed by atoms with Crippen LogP contribution in [0.15, 0.2) is 84.9 Å². The molecule has 7 nitrogen and oxygen atoms in total. The van der Waals surface area contributed by atoms with E-state index in [0.717, 1.165) is 16.8 Å². The van der Waals surface area contributed by atoms with Gasteiger partial charge in [0.15, 0.2) is 0 Å². The number of allylic oxidation sites excluding steroid dienone is 1. The van der Waals surface area contributed by atoms with E-state index in [1.807, 2.05) is 55.6 Å². The second kappa shape index (κ2) is 14.4. The standard InChI is InChI=1S/C27H31NO6S.Na/c1-28-26-7-3-2-5-22(26)19-34-24-16-9-20(10-17-24)11-18-25(35(31,32)33)6-4-8-27(30)21-12-14-23(29)15-13-21;/h2-5,7-10,12-17,25,27-30H,6,11,18-19H2,1H3,(H,31,32,33);/q;+1/p-1/b8-4+;/t25-,27+;/m0./s1. The molecule has 0 heterocycles. The number of anilines is 1. The van der Waals surface area contributed by atoms with E-state index in [-0.39, 0.29) is 48.1 Å². The molecule has 186 valence electrons. The van der Waals surface area contributed by atoms with E-state index in [0.29, 0.717) is 24.3 Å². The first-order chi connectivity index (χ1) is 16.8. The predicted molar refractivity (Wildman–Crippen MR) is 135 cm³/mol. The van der Waals surface area contributed by atoms with Gasteiger partial charge in [-0.05, 0) is 60.7 Å². The number of phenolic OH excluding ortho intramolecular Hbond substituents is 1. The zero-order valence-corrected chi connectivity index (χ0v) is 23.3. The molecule has 9 heteroatoms. The Morgan fingerprint density at radius 1 is 1.03 bits per heavy atom. The minimum absolute atomic E-state index is 0. The molecule has 3 aromatic rings.